The Bertz CT molecular complexity index is 303. The molecule has 0 saturated heterocycles. The summed E-state index contributed by atoms with van der Waals surface area (Å²) < 4.78 is 1.41. The van der Waals surface area contributed by atoms with Crippen LogP contribution in [0.25, 0.3) is 0 Å². The molecule has 1 aromatic heterocycles. The van der Waals surface area contributed by atoms with E-state index in [2.05, 4.69) is 10.2 Å². The highest BCUT2D eigenvalue weighted by Gasteiger charge is 2.18. The second-order valence-electron chi connectivity index (χ2n) is 3.39. The predicted octanol–water partition coefficient (Wildman–Crippen LogP) is -0.0914. The van der Waals surface area contributed by atoms with E-state index in [0.717, 1.165) is 0 Å². The van der Waals surface area contributed by atoms with Gasteiger partial charge in [-0.15, -0.1) is 5.10 Å². The van der Waals surface area contributed by atoms with E-state index >= 15 is 0 Å². The van der Waals surface area contributed by atoms with Gasteiger partial charge in [-0.2, -0.15) is 0 Å². The predicted molar refractivity (Wildman–Crippen MR) is 42.3 cm³/mol. The van der Waals surface area contributed by atoms with Gasteiger partial charge in [0.15, 0.2) is 0 Å². The van der Waals surface area contributed by atoms with Crippen molar-refractivity contribution >= 4 is 5.95 Å². The van der Waals surface area contributed by atoms with E-state index in [9.17, 15) is 4.79 Å². The van der Waals surface area contributed by atoms with E-state index in [4.69, 9.17) is 5.73 Å². The van der Waals surface area contributed by atoms with Crippen molar-refractivity contribution in [2.24, 2.45) is 0 Å². The highest BCUT2D eigenvalue weighted by Crippen LogP contribution is 2.12. The van der Waals surface area contributed by atoms with Crippen LogP contribution in [0.1, 0.15) is 20.8 Å². The van der Waals surface area contributed by atoms with Gasteiger partial charge in [0.25, 0.3) is 0 Å². The van der Waals surface area contributed by atoms with Crippen LogP contribution >= 0.6 is 0 Å². The fraction of sp³-hybridized carbons (Fsp3) is 0.667. The molecule has 5 heteroatoms. The normalized spacial score (nSPS) is 11.9. The minimum absolute atomic E-state index is 0.225. The summed E-state index contributed by atoms with van der Waals surface area (Å²) in [6, 6.07) is 0. The van der Waals surface area contributed by atoms with Gasteiger partial charge in [-0.05, 0) is 20.8 Å². The Morgan fingerprint density at radius 1 is 1.55 bits per heavy atom. The molecule has 1 rings (SSSR count). The molecule has 5 nitrogen and oxygen atoms in total. The fourth-order valence-corrected chi connectivity index (χ4v) is 0.957. The van der Waals surface area contributed by atoms with Crippen molar-refractivity contribution in [3.63, 3.8) is 0 Å². The SMILES string of the molecule is CC(C)(C)n1c(N)n[nH]c1=O. The maximum atomic E-state index is 11.1. The summed E-state index contributed by atoms with van der Waals surface area (Å²) in [5.74, 6) is 0.225. The Hall–Kier alpha value is -1.26. The maximum absolute atomic E-state index is 11.1. The molecule has 0 radical (unpaired) electrons. The first-order valence-electron chi connectivity index (χ1n) is 3.36. The van der Waals surface area contributed by atoms with E-state index in [1.165, 1.54) is 4.57 Å². The van der Waals surface area contributed by atoms with Gasteiger partial charge in [-0.3, -0.25) is 4.57 Å². The topological polar surface area (TPSA) is 76.7 Å². The van der Waals surface area contributed by atoms with Gasteiger partial charge < -0.3 is 5.73 Å². The number of anilines is 1. The zero-order valence-corrected chi connectivity index (χ0v) is 6.88. The third-order valence-corrected chi connectivity index (χ3v) is 1.37. The van der Waals surface area contributed by atoms with Crippen LogP contribution in [0.15, 0.2) is 4.79 Å². The highest BCUT2D eigenvalue weighted by molar-refractivity contribution is 5.15. The molecule has 1 aromatic rings. The summed E-state index contributed by atoms with van der Waals surface area (Å²) in [5.41, 5.74) is 4.87. The molecule has 3 N–H and O–H groups in total. The van der Waals surface area contributed by atoms with E-state index in [1.807, 2.05) is 20.8 Å². The summed E-state index contributed by atoms with van der Waals surface area (Å²) in [4.78, 5) is 11.1. The van der Waals surface area contributed by atoms with Crippen LogP contribution in [0.5, 0.6) is 0 Å². The lowest BCUT2D eigenvalue weighted by Crippen LogP contribution is -2.32. The summed E-state index contributed by atoms with van der Waals surface area (Å²) in [5, 5.41) is 5.86. The molecular weight excluding hydrogens is 144 g/mol. The maximum Gasteiger partial charge on any atom is 0.345 e. The van der Waals surface area contributed by atoms with Gasteiger partial charge in [-0.25, -0.2) is 9.89 Å². The summed E-state index contributed by atoms with van der Waals surface area (Å²) in [6.07, 6.45) is 0. The Kier molecular flexibility index (Phi) is 1.51. The Labute approximate surface area is 64.2 Å². The second-order valence-corrected chi connectivity index (χ2v) is 3.39. The van der Waals surface area contributed by atoms with E-state index in [1.54, 1.807) is 0 Å². The number of nitrogens with one attached hydrogen (secondary N) is 1. The van der Waals surface area contributed by atoms with Crippen molar-refractivity contribution in [2.75, 3.05) is 5.73 Å². The van der Waals surface area contributed by atoms with Crippen LogP contribution in [0.2, 0.25) is 0 Å². The molecule has 0 aliphatic carbocycles. The van der Waals surface area contributed by atoms with E-state index < -0.39 is 0 Å². The third kappa shape index (κ3) is 1.26. The quantitative estimate of drug-likeness (QED) is 0.551. The van der Waals surface area contributed by atoms with Crippen molar-refractivity contribution in [3.8, 4) is 0 Å². The first-order valence-corrected chi connectivity index (χ1v) is 3.36. The van der Waals surface area contributed by atoms with Crippen molar-refractivity contribution in [2.45, 2.75) is 26.3 Å². The molecule has 11 heavy (non-hydrogen) atoms. The zero-order valence-electron chi connectivity index (χ0n) is 6.88. The molecule has 0 saturated carbocycles. The van der Waals surface area contributed by atoms with Crippen molar-refractivity contribution in [3.05, 3.63) is 10.5 Å². The summed E-state index contributed by atoms with van der Waals surface area (Å²) in [7, 11) is 0. The highest BCUT2D eigenvalue weighted by atomic mass is 16.2. The fourth-order valence-electron chi connectivity index (χ4n) is 0.957. The van der Waals surface area contributed by atoms with Crippen LogP contribution in [-0.4, -0.2) is 14.8 Å². The number of H-pyrrole nitrogens is 1. The van der Waals surface area contributed by atoms with Crippen molar-refractivity contribution < 1.29 is 0 Å². The van der Waals surface area contributed by atoms with Crippen molar-refractivity contribution in [1.82, 2.24) is 14.8 Å². The average molecular weight is 156 g/mol. The number of nitrogen functional groups attached to an aromatic ring is 1. The minimum atomic E-state index is -0.311. The van der Waals surface area contributed by atoms with Gasteiger partial charge >= 0.3 is 5.69 Å². The van der Waals surface area contributed by atoms with Crippen molar-refractivity contribution in [1.29, 1.82) is 0 Å². The first kappa shape index (κ1) is 7.84. The number of hydrogen-bond acceptors (Lipinski definition) is 3. The molecule has 0 bridgehead atoms. The van der Waals surface area contributed by atoms with E-state index in [0.29, 0.717) is 0 Å². The van der Waals surface area contributed by atoms with Gasteiger partial charge in [0.2, 0.25) is 5.95 Å². The molecule has 0 unspecified atom stereocenters. The Morgan fingerprint density at radius 2 is 2.09 bits per heavy atom. The van der Waals surface area contributed by atoms with Crippen LogP contribution in [0.4, 0.5) is 5.95 Å². The zero-order chi connectivity index (χ0) is 8.65. The number of aromatic nitrogens is 3. The second kappa shape index (κ2) is 2.11. The summed E-state index contributed by atoms with van der Waals surface area (Å²) in [6.45, 7) is 5.67. The van der Waals surface area contributed by atoms with Gasteiger partial charge in [0, 0.05) is 5.54 Å². The molecule has 0 aromatic carbocycles. The van der Waals surface area contributed by atoms with Gasteiger partial charge in [-0.1, -0.05) is 0 Å². The Morgan fingerprint density at radius 3 is 2.27 bits per heavy atom. The van der Waals surface area contributed by atoms with Crippen LogP contribution < -0.4 is 11.4 Å². The number of rotatable bonds is 0. The van der Waals surface area contributed by atoms with Gasteiger partial charge in [0.05, 0.1) is 0 Å². The van der Waals surface area contributed by atoms with Crippen LogP contribution in [0.3, 0.4) is 0 Å². The molecule has 0 fully saturated rings. The smallest absolute Gasteiger partial charge is 0.345 e. The monoisotopic (exact) mass is 156 g/mol. The van der Waals surface area contributed by atoms with Gasteiger partial charge in [0.1, 0.15) is 0 Å². The Balaban J connectivity index is 3.33. The molecule has 1 heterocycles. The molecule has 0 atom stereocenters. The molecule has 0 amide bonds. The van der Waals surface area contributed by atoms with E-state index in [-0.39, 0.29) is 17.2 Å². The molecule has 0 aliphatic rings. The lowest BCUT2D eigenvalue weighted by molar-refractivity contribution is 0.390. The number of nitrogens with zero attached hydrogens (tertiary/aromatic N) is 2. The molecule has 0 spiro atoms. The number of aromatic amines is 1. The van der Waals surface area contributed by atoms with Crippen LogP contribution in [-0.2, 0) is 5.54 Å². The summed E-state index contributed by atoms with van der Waals surface area (Å²) >= 11 is 0. The minimum Gasteiger partial charge on any atom is -0.368 e. The largest absolute Gasteiger partial charge is 0.368 e. The van der Waals surface area contributed by atoms with Crippen LogP contribution in [0, 0.1) is 0 Å². The standard InChI is InChI=1S/C6H12N4O/c1-6(2,3)10-4(7)8-9-5(10)11/h1-3H3,(H2,7,8)(H,9,11). The lowest BCUT2D eigenvalue weighted by atomic mass is 10.1. The lowest BCUT2D eigenvalue weighted by Gasteiger charge is -2.19. The number of hydrogen-bond donors (Lipinski definition) is 2. The average Bonchev–Trinajstić information content (AvgIpc) is 2.08. The number of nitrogens with two attached hydrogens (primary N) is 1. The third-order valence-electron chi connectivity index (χ3n) is 1.37. The first-order chi connectivity index (χ1) is 4.93. The molecule has 62 valence electrons. The molecular formula is C6H12N4O. The molecule has 0 aliphatic heterocycles.